The number of hydrogen-bond donors (Lipinski definition) is 2. The minimum absolute atomic E-state index is 0.284. The lowest BCUT2D eigenvalue weighted by molar-refractivity contribution is 0.00205. The zero-order chi connectivity index (χ0) is 7.14. The van der Waals surface area contributed by atoms with E-state index in [0.717, 1.165) is 0 Å². The second-order valence-electron chi connectivity index (χ2n) is 2.73. The molecule has 0 aromatic heterocycles. The first-order chi connectivity index (χ1) is 4.79. The fraction of sp³-hybridized carbons (Fsp3) is 1.00. The summed E-state index contributed by atoms with van der Waals surface area (Å²) in [5, 5.41) is 18.3. The van der Waals surface area contributed by atoms with Crippen LogP contribution in [0.15, 0.2) is 0 Å². The van der Waals surface area contributed by atoms with Crippen molar-refractivity contribution in [3.05, 3.63) is 0 Å². The van der Waals surface area contributed by atoms with Crippen LogP contribution in [0.2, 0.25) is 0 Å². The number of fused-ring (bicyclic) bond motifs is 1. The predicted molar refractivity (Wildman–Crippen MR) is 31.5 cm³/mol. The molecule has 2 rings (SSSR count). The fourth-order valence-electron chi connectivity index (χ4n) is 1.46. The van der Waals surface area contributed by atoms with Gasteiger partial charge in [-0.1, -0.05) is 0 Å². The van der Waals surface area contributed by atoms with E-state index in [4.69, 9.17) is 19.7 Å². The van der Waals surface area contributed by atoms with Gasteiger partial charge < -0.3 is 19.7 Å². The van der Waals surface area contributed by atoms with Gasteiger partial charge in [0.2, 0.25) is 0 Å². The molecule has 2 saturated heterocycles. The van der Waals surface area contributed by atoms with Gasteiger partial charge >= 0.3 is 0 Å². The van der Waals surface area contributed by atoms with E-state index in [0.29, 0.717) is 0 Å². The van der Waals surface area contributed by atoms with E-state index in [1.165, 1.54) is 0 Å². The monoisotopic (exact) mass is 146 g/mol. The Hall–Kier alpha value is -0.160. The molecule has 0 bridgehead atoms. The Kier molecular flexibility index (Phi) is 1.42. The number of hydrogen-bond acceptors (Lipinski definition) is 4. The Bertz CT molecular complexity index is 122. The van der Waals surface area contributed by atoms with Gasteiger partial charge in [-0.25, -0.2) is 0 Å². The van der Waals surface area contributed by atoms with Crippen LogP contribution in [0.3, 0.4) is 0 Å². The molecule has 0 amide bonds. The van der Waals surface area contributed by atoms with Crippen LogP contribution >= 0.6 is 0 Å². The molecule has 2 aliphatic rings. The van der Waals surface area contributed by atoms with E-state index in [-0.39, 0.29) is 25.4 Å². The lowest BCUT2D eigenvalue weighted by Gasteiger charge is -2.09. The van der Waals surface area contributed by atoms with E-state index in [2.05, 4.69) is 0 Å². The second kappa shape index (κ2) is 2.17. The van der Waals surface area contributed by atoms with Crippen LogP contribution < -0.4 is 0 Å². The quantitative estimate of drug-likeness (QED) is 0.437. The SMILES string of the molecule is OC1CO[C@H]2C(O)COC12. The Morgan fingerprint density at radius 1 is 0.900 bits per heavy atom. The molecule has 10 heavy (non-hydrogen) atoms. The van der Waals surface area contributed by atoms with E-state index in [1.807, 2.05) is 0 Å². The first-order valence-electron chi connectivity index (χ1n) is 3.38. The van der Waals surface area contributed by atoms with Crippen molar-refractivity contribution in [2.24, 2.45) is 0 Å². The summed E-state index contributed by atoms with van der Waals surface area (Å²) in [5.74, 6) is 0. The standard InChI is InChI=1S/C6H10O4/c7-3-1-9-6-4(8)2-10-5(3)6/h3-8H,1-2H2/t3?,4?,5-,6?/m0/s1. The van der Waals surface area contributed by atoms with E-state index in [9.17, 15) is 0 Å². The number of aliphatic hydroxyl groups is 2. The van der Waals surface area contributed by atoms with Crippen LogP contribution in [0, 0.1) is 0 Å². The molecule has 2 heterocycles. The molecule has 2 aliphatic heterocycles. The van der Waals surface area contributed by atoms with Crippen LogP contribution in [-0.4, -0.2) is 47.8 Å². The largest absolute Gasteiger partial charge is 0.388 e. The van der Waals surface area contributed by atoms with E-state index < -0.39 is 12.2 Å². The van der Waals surface area contributed by atoms with Crippen LogP contribution in [0.5, 0.6) is 0 Å². The summed E-state index contributed by atoms with van der Waals surface area (Å²) in [6.07, 6.45) is -1.70. The highest BCUT2D eigenvalue weighted by Crippen LogP contribution is 2.26. The predicted octanol–water partition coefficient (Wildman–Crippen LogP) is -1.49. The Morgan fingerprint density at radius 2 is 1.30 bits per heavy atom. The van der Waals surface area contributed by atoms with Crippen LogP contribution in [0.1, 0.15) is 0 Å². The summed E-state index contributed by atoms with van der Waals surface area (Å²) < 4.78 is 10.2. The van der Waals surface area contributed by atoms with Crippen molar-refractivity contribution in [3.8, 4) is 0 Å². The van der Waals surface area contributed by atoms with Crippen molar-refractivity contribution in [1.82, 2.24) is 0 Å². The van der Waals surface area contributed by atoms with Crippen molar-refractivity contribution < 1.29 is 19.7 Å². The number of ether oxygens (including phenoxy) is 2. The molecule has 2 fully saturated rings. The number of aliphatic hydroxyl groups excluding tert-OH is 2. The smallest absolute Gasteiger partial charge is 0.114 e. The lowest BCUT2D eigenvalue weighted by atomic mass is 10.1. The van der Waals surface area contributed by atoms with E-state index >= 15 is 0 Å². The first kappa shape index (κ1) is 6.54. The van der Waals surface area contributed by atoms with Crippen molar-refractivity contribution in [2.45, 2.75) is 24.4 Å². The number of rotatable bonds is 0. The van der Waals surface area contributed by atoms with Crippen molar-refractivity contribution in [2.75, 3.05) is 13.2 Å². The average molecular weight is 146 g/mol. The van der Waals surface area contributed by atoms with Crippen LogP contribution in [0.4, 0.5) is 0 Å². The summed E-state index contributed by atoms with van der Waals surface area (Å²) in [6, 6.07) is 0. The normalized spacial score (nSPS) is 53.4. The highest BCUT2D eigenvalue weighted by molar-refractivity contribution is 4.93. The Morgan fingerprint density at radius 3 is 1.70 bits per heavy atom. The van der Waals surface area contributed by atoms with Gasteiger partial charge in [0.1, 0.15) is 24.4 Å². The highest BCUT2D eigenvalue weighted by Gasteiger charge is 2.46. The zero-order valence-electron chi connectivity index (χ0n) is 5.43. The summed E-state index contributed by atoms with van der Waals surface area (Å²) >= 11 is 0. The van der Waals surface area contributed by atoms with Gasteiger partial charge in [0.15, 0.2) is 0 Å². The maximum Gasteiger partial charge on any atom is 0.114 e. The third-order valence-corrected chi connectivity index (χ3v) is 2.00. The molecular weight excluding hydrogens is 136 g/mol. The first-order valence-corrected chi connectivity index (χ1v) is 3.38. The maximum absolute atomic E-state index is 9.16. The molecule has 0 radical (unpaired) electrons. The summed E-state index contributed by atoms with van der Waals surface area (Å²) in [7, 11) is 0. The zero-order valence-corrected chi connectivity index (χ0v) is 5.43. The van der Waals surface area contributed by atoms with Gasteiger partial charge in [0.25, 0.3) is 0 Å². The summed E-state index contributed by atoms with van der Waals surface area (Å²) in [6.45, 7) is 0.568. The third kappa shape index (κ3) is 0.769. The van der Waals surface area contributed by atoms with Gasteiger partial charge in [-0.2, -0.15) is 0 Å². The Balaban J connectivity index is 2.09. The molecule has 0 saturated carbocycles. The minimum atomic E-state index is -0.554. The third-order valence-electron chi connectivity index (χ3n) is 2.00. The van der Waals surface area contributed by atoms with Crippen LogP contribution in [-0.2, 0) is 9.47 Å². The van der Waals surface area contributed by atoms with Gasteiger partial charge in [-0.05, 0) is 0 Å². The lowest BCUT2D eigenvalue weighted by Crippen LogP contribution is -2.30. The van der Waals surface area contributed by atoms with Gasteiger partial charge in [0, 0.05) is 0 Å². The van der Waals surface area contributed by atoms with Crippen molar-refractivity contribution in [1.29, 1.82) is 0 Å². The molecule has 4 nitrogen and oxygen atoms in total. The molecule has 0 spiro atoms. The second-order valence-corrected chi connectivity index (χ2v) is 2.73. The summed E-state index contributed by atoms with van der Waals surface area (Å²) in [4.78, 5) is 0. The van der Waals surface area contributed by atoms with Gasteiger partial charge in [0.05, 0.1) is 13.2 Å². The molecular formula is C6H10O4. The van der Waals surface area contributed by atoms with Crippen molar-refractivity contribution >= 4 is 0 Å². The molecule has 58 valence electrons. The molecule has 3 unspecified atom stereocenters. The molecule has 0 aliphatic carbocycles. The van der Waals surface area contributed by atoms with E-state index in [1.54, 1.807) is 0 Å². The van der Waals surface area contributed by atoms with Crippen molar-refractivity contribution in [3.63, 3.8) is 0 Å². The molecule has 0 aromatic rings. The molecule has 4 heteroatoms. The van der Waals surface area contributed by atoms with Crippen LogP contribution in [0.25, 0.3) is 0 Å². The molecule has 4 atom stereocenters. The minimum Gasteiger partial charge on any atom is -0.388 e. The fourth-order valence-corrected chi connectivity index (χ4v) is 1.46. The van der Waals surface area contributed by atoms with Gasteiger partial charge in [-0.15, -0.1) is 0 Å². The molecule has 2 N–H and O–H groups in total. The summed E-state index contributed by atoms with van der Waals surface area (Å²) in [5.41, 5.74) is 0. The van der Waals surface area contributed by atoms with Gasteiger partial charge in [-0.3, -0.25) is 0 Å². The average Bonchev–Trinajstić information content (AvgIpc) is 2.41. The highest BCUT2D eigenvalue weighted by atomic mass is 16.6. The maximum atomic E-state index is 9.16. The Labute approximate surface area is 58.4 Å². The topological polar surface area (TPSA) is 58.9 Å². The molecule has 0 aromatic carbocycles.